The van der Waals surface area contributed by atoms with Gasteiger partial charge >= 0.3 is 5.97 Å². The highest BCUT2D eigenvalue weighted by atomic mass is 32.2. The lowest BCUT2D eigenvalue weighted by molar-refractivity contribution is -0.142. The van der Waals surface area contributed by atoms with Crippen LogP contribution in [0.1, 0.15) is 29.0 Å². The molecule has 1 N–H and O–H groups in total. The van der Waals surface area contributed by atoms with Crippen LogP contribution in [0.5, 0.6) is 0 Å². The van der Waals surface area contributed by atoms with Gasteiger partial charge in [-0.1, -0.05) is 24.2 Å². The van der Waals surface area contributed by atoms with E-state index in [0.29, 0.717) is 29.6 Å². The number of rotatable bonds is 5. The summed E-state index contributed by atoms with van der Waals surface area (Å²) in [5, 5.41) is 13.0. The molecule has 2 heterocycles. The quantitative estimate of drug-likeness (QED) is 0.817. The molecule has 132 valence electrons. The fourth-order valence-electron chi connectivity index (χ4n) is 2.93. The molecule has 0 bridgehead atoms. The summed E-state index contributed by atoms with van der Waals surface area (Å²) in [6.45, 7) is 4.32. The molecule has 1 amide bonds. The van der Waals surface area contributed by atoms with Crippen LogP contribution in [0.25, 0.3) is 0 Å². The second-order valence-electron chi connectivity index (χ2n) is 6.15. The van der Waals surface area contributed by atoms with E-state index < -0.39 is 11.9 Å². The normalized spacial score (nSPS) is 20.0. The van der Waals surface area contributed by atoms with Gasteiger partial charge in [0, 0.05) is 18.0 Å². The molecule has 8 heteroatoms. The van der Waals surface area contributed by atoms with Crippen LogP contribution < -0.4 is 0 Å². The van der Waals surface area contributed by atoms with E-state index in [0.717, 1.165) is 4.90 Å². The minimum Gasteiger partial charge on any atom is -0.481 e. The summed E-state index contributed by atoms with van der Waals surface area (Å²) in [7, 11) is 0. The molecule has 3 rings (SSSR count). The van der Waals surface area contributed by atoms with Gasteiger partial charge in [-0.3, -0.25) is 9.59 Å². The third kappa shape index (κ3) is 3.84. The molecule has 0 aliphatic carbocycles. The Hall–Kier alpha value is -2.35. The van der Waals surface area contributed by atoms with Crippen molar-refractivity contribution in [3.63, 3.8) is 0 Å². The largest absolute Gasteiger partial charge is 0.481 e. The van der Waals surface area contributed by atoms with Crippen molar-refractivity contribution in [2.75, 3.05) is 13.1 Å². The first-order valence-electron chi connectivity index (χ1n) is 7.98. The number of nitrogens with zero attached hydrogens (tertiary/aromatic N) is 3. The molecule has 1 fully saturated rings. The monoisotopic (exact) mass is 361 g/mol. The molecule has 1 aliphatic rings. The molecular formula is C17H19N3O4S. The Morgan fingerprint density at radius 1 is 1.36 bits per heavy atom. The van der Waals surface area contributed by atoms with E-state index in [2.05, 4.69) is 10.1 Å². The van der Waals surface area contributed by atoms with Crippen LogP contribution in [-0.2, 0) is 10.5 Å². The van der Waals surface area contributed by atoms with Crippen molar-refractivity contribution in [3.05, 3.63) is 41.5 Å². The molecule has 0 radical (unpaired) electrons. The number of benzene rings is 1. The zero-order chi connectivity index (χ0) is 18.0. The maximum absolute atomic E-state index is 12.9. The molecule has 1 aromatic heterocycles. The van der Waals surface area contributed by atoms with Crippen molar-refractivity contribution in [3.8, 4) is 0 Å². The standard InChI is InChI=1S/C17H19N3O4S/c1-10-7-20(8-13(10)17(22)23)16(21)12-5-3-4-6-14(12)25-9-15-18-11(2)19-24-15/h3-6,10,13H,7-9H2,1-2H3,(H,22,23)/t10-,13-/m1/s1. The highest BCUT2D eigenvalue weighted by Crippen LogP contribution is 2.30. The Morgan fingerprint density at radius 2 is 2.12 bits per heavy atom. The molecule has 1 aromatic carbocycles. The summed E-state index contributed by atoms with van der Waals surface area (Å²) in [6, 6.07) is 7.31. The Kier molecular flexibility index (Phi) is 5.08. The van der Waals surface area contributed by atoms with Gasteiger partial charge in [0.1, 0.15) is 0 Å². The van der Waals surface area contributed by atoms with Gasteiger partial charge in [0.15, 0.2) is 5.82 Å². The number of carbonyl (C=O) groups excluding carboxylic acids is 1. The minimum atomic E-state index is -0.850. The Balaban J connectivity index is 1.74. The second-order valence-corrected chi connectivity index (χ2v) is 7.17. The van der Waals surface area contributed by atoms with Crippen LogP contribution in [0.3, 0.4) is 0 Å². The predicted molar refractivity (Wildman–Crippen MR) is 91.2 cm³/mol. The molecule has 0 saturated carbocycles. The van der Waals surface area contributed by atoms with Gasteiger partial charge in [-0.2, -0.15) is 4.98 Å². The summed E-state index contributed by atoms with van der Waals surface area (Å²) < 4.78 is 5.10. The number of amides is 1. The van der Waals surface area contributed by atoms with E-state index in [9.17, 15) is 14.7 Å². The molecule has 1 saturated heterocycles. The summed E-state index contributed by atoms with van der Waals surface area (Å²) >= 11 is 1.45. The van der Waals surface area contributed by atoms with Crippen molar-refractivity contribution in [1.82, 2.24) is 15.0 Å². The van der Waals surface area contributed by atoms with Gasteiger partial charge in [0.2, 0.25) is 5.89 Å². The molecule has 2 aromatic rings. The summed E-state index contributed by atoms with van der Waals surface area (Å²) in [6.07, 6.45) is 0. The van der Waals surface area contributed by atoms with Crippen molar-refractivity contribution in [1.29, 1.82) is 0 Å². The summed E-state index contributed by atoms with van der Waals surface area (Å²) in [5.74, 6) is 0.000790. The van der Waals surface area contributed by atoms with Crippen LogP contribution >= 0.6 is 11.8 Å². The number of aryl methyl sites for hydroxylation is 1. The molecule has 1 aliphatic heterocycles. The van der Waals surface area contributed by atoms with E-state index in [4.69, 9.17) is 4.52 Å². The smallest absolute Gasteiger partial charge is 0.308 e. The lowest BCUT2D eigenvalue weighted by Crippen LogP contribution is -2.30. The highest BCUT2D eigenvalue weighted by molar-refractivity contribution is 7.98. The lowest BCUT2D eigenvalue weighted by Gasteiger charge is -2.17. The molecule has 7 nitrogen and oxygen atoms in total. The summed E-state index contributed by atoms with van der Waals surface area (Å²) in [5.41, 5.74) is 0.571. The lowest BCUT2D eigenvalue weighted by atomic mass is 9.99. The third-order valence-corrected chi connectivity index (χ3v) is 5.31. The Labute approximate surface area is 149 Å². The van der Waals surface area contributed by atoms with Crippen molar-refractivity contribution < 1.29 is 19.2 Å². The number of likely N-dealkylation sites (tertiary alicyclic amines) is 1. The first-order valence-corrected chi connectivity index (χ1v) is 8.97. The van der Waals surface area contributed by atoms with Crippen LogP contribution in [0.15, 0.2) is 33.7 Å². The van der Waals surface area contributed by atoms with Crippen molar-refractivity contribution >= 4 is 23.6 Å². The van der Waals surface area contributed by atoms with Gasteiger partial charge in [0.05, 0.1) is 17.2 Å². The predicted octanol–water partition coefficient (Wildman–Crippen LogP) is 2.46. The van der Waals surface area contributed by atoms with E-state index >= 15 is 0 Å². The fraction of sp³-hybridized carbons (Fsp3) is 0.412. The SMILES string of the molecule is Cc1noc(CSc2ccccc2C(=O)N2C[C@@H](C)[C@H](C(=O)O)C2)n1. The molecule has 0 unspecified atom stereocenters. The fourth-order valence-corrected chi connectivity index (χ4v) is 3.81. The maximum atomic E-state index is 12.9. The number of carboxylic acid groups (broad SMARTS) is 1. The van der Waals surface area contributed by atoms with Gasteiger partial charge in [0.25, 0.3) is 5.91 Å². The average molecular weight is 361 g/mol. The van der Waals surface area contributed by atoms with E-state index in [1.807, 2.05) is 25.1 Å². The molecule has 25 heavy (non-hydrogen) atoms. The van der Waals surface area contributed by atoms with E-state index in [-0.39, 0.29) is 18.4 Å². The molecule has 0 spiro atoms. The van der Waals surface area contributed by atoms with Crippen LogP contribution in [0.4, 0.5) is 0 Å². The van der Waals surface area contributed by atoms with E-state index in [1.54, 1.807) is 17.9 Å². The zero-order valence-electron chi connectivity index (χ0n) is 14.0. The molecular weight excluding hydrogens is 342 g/mol. The van der Waals surface area contributed by atoms with Gasteiger partial charge in [-0.25, -0.2) is 0 Å². The number of aliphatic carboxylic acids is 1. The van der Waals surface area contributed by atoms with Gasteiger partial charge in [-0.05, 0) is 25.0 Å². The topological polar surface area (TPSA) is 96.5 Å². The molecule has 2 atom stereocenters. The number of aromatic nitrogens is 2. The third-order valence-electron chi connectivity index (χ3n) is 4.25. The van der Waals surface area contributed by atoms with Crippen molar-refractivity contribution in [2.45, 2.75) is 24.5 Å². The first-order chi connectivity index (χ1) is 12.0. The number of carbonyl (C=O) groups is 2. The maximum Gasteiger partial charge on any atom is 0.308 e. The minimum absolute atomic E-state index is 0.0531. The van der Waals surface area contributed by atoms with Crippen molar-refractivity contribution in [2.24, 2.45) is 11.8 Å². The van der Waals surface area contributed by atoms with Crippen LogP contribution in [-0.4, -0.2) is 45.1 Å². The van der Waals surface area contributed by atoms with Crippen LogP contribution in [0, 0.1) is 18.8 Å². The zero-order valence-corrected chi connectivity index (χ0v) is 14.8. The first kappa shape index (κ1) is 17.5. The average Bonchev–Trinajstić information content (AvgIpc) is 3.18. The van der Waals surface area contributed by atoms with Gasteiger partial charge in [-0.15, -0.1) is 11.8 Å². The second kappa shape index (κ2) is 7.26. The number of thioether (sulfide) groups is 1. The highest BCUT2D eigenvalue weighted by Gasteiger charge is 2.37. The van der Waals surface area contributed by atoms with Crippen LogP contribution in [0.2, 0.25) is 0 Å². The number of carboxylic acids is 1. The summed E-state index contributed by atoms with van der Waals surface area (Å²) in [4.78, 5) is 30.7. The Bertz CT molecular complexity index is 792. The van der Waals surface area contributed by atoms with Gasteiger partial charge < -0.3 is 14.5 Å². The number of hydrogen-bond donors (Lipinski definition) is 1. The Morgan fingerprint density at radius 3 is 2.76 bits per heavy atom. The number of hydrogen-bond acceptors (Lipinski definition) is 6. The van der Waals surface area contributed by atoms with E-state index in [1.165, 1.54) is 11.8 Å².